The number of oxazole rings is 1. The third-order valence-corrected chi connectivity index (χ3v) is 6.94. The number of rotatable bonds is 5. The van der Waals surface area contributed by atoms with Crippen LogP contribution in [-0.4, -0.2) is 26.1 Å². The van der Waals surface area contributed by atoms with Crippen LogP contribution in [-0.2, 0) is 10.5 Å². The summed E-state index contributed by atoms with van der Waals surface area (Å²) in [6.45, 7) is 7.53. The molecule has 1 atom stereocenters. The number of hydrogen-bond acceptors (Lipinski definition) is 7. The van der Waals surface area contributed by atoms with E-state index in [0.717, 1.165) is 15.3 Å². The first-order valence-electron chi connectivity index (χ1n) is 9.10. The number of fused-ring (bicyclic) bond motifs is 2. The highest BCUT2D eigenvalue weighted by Gasteiger charge is 2.17. The fraction of sp³-hybridized carbons (Fsp3) is 0.300. The zero-order chi connectivity index (χ0) is 20.7. The second-order valence-corrected chi connectivity index (χ2v) is 9.37. The van der Waals surface area contributed by atoms with Crippen LogP contribution in [0.15, 0.2) is 27.4 Å². The molecule has 4 rings (SSSR count). The summed E-state index contributed by atoms with van der Waals surface area (Å²) in [7, 11) is 0. The molecular formula is C20H20N4O3S2. The van der Waals surface area contributed by atoms with Crippen LogP contribution in [0.25, 0.3) is 21.3 Å². The van der Waals surface area contributed by atoms with Gasteiger partial charge >= 0.3 is 0 Å². The zero-order valence-electron chi connectivity index (χ0n) is 16.5. The highest BCUT2D eigenvalue weighted by atomic mass is 32.2. The molecule has 3 heterocycles. The van der Waals surface area contributed by atoms with Crippen LogP contribution in [0.1, 0.15) is 29.1 Å². The van der Waals surface area contributed by atoms with Crippen LogP contribution in [0.5, 0.6) is 0 Å². The number of carbonyl (C=O) groups is 1. The summed E-state index contributed by atoms with van der Waals surface area (Å²) < 4.78 is 5.45. The Morgan fingerprint density at radius 3 is 2.90 bits per heavy atom. The molecule has 150 valence electrons. The molecule has 0 aliphatic rings. The Labute approximate surface area is 174 Å². The predicted molar refractivity (Wildman–Crippen MR) is 118 cm³/mol. The maximum atomic E-state index is 12.5. The van der Waals surface area contributed by atoms with Gasteiger partial charge in [0, 0.05) is 17.5 Å². The van der Waals surface area contributed by atoms with Gasteiger partial charge in [0.1, 0.15) is 16.2 Å². The maximum absolute atomic E-state index is 12.5. The minimum absolute atomic E-state index is 0.124. The number of amides is 1. The fourth-order valence-electron chi connectivity index (χ4n) is 3.01. The van der Waals surface area contributed by atoms with Gasteiger partial charge in [0.2, 0.25) is 5.91 Å². The Kier molecular flexibility index (Phi) is 5.18. The molecule has 4 aromatic rings. The molecule has 0 unspecified atom stereocenters. The SMILES string of the molecule is Cc1nc2cc(NC(=O)[C@H](C)SCc3nc4sc(C)c(C)c4c(=O)[nH]3)ccc2o1. The summed E-state index contributed by atoms with van der Waals surface area (Å²) in [4.78, 5) is 38.4. The molecule has 3 aromatic heterocycles. The molecule has 29 heavy (non-hydrogen) atoms. The summed E-state index contributed by atoms with van der Waals surface area (Å²) in [6, 6.07) is 5.36. The zero-order valence-corrected chi connectivity index (χ0v) is 18.1. The van der Waals surface area contributed by atoms with E-state index in [1.807, 2.05) is 20.8 Å². The Morgan fingerprint density at radius 1 is 1.31 bits per heavy atom. The minimum atomic E-state index is -0.322. The Hall–Kier alpha value is -2.65. The number of nitrogens with one attached hydrogen (secondary N) is 2. The second kappa shape index (κ2) is 7.64. The highest BCUT2D eigenvalue weighted by molar-refractivity contribution is 7.99. The van der Waals surface area contributed by atoms with Crippen LogP contribution < -0.4 is 10.9 Å². The quantitative estimate of drug-likeness (QED) is 0.491. The number of benzene rings is 1. The normalized spacial score (nSPS) is 12.6. The van der Waals surface area contributed by atoms with Crippen molar-refractivity contribution in [3.63, 3.8) is 0 Å². The van der Waals surface area contributed by atoms with E-state index >= 15 is 0 Å². The standard InChI is InChI=1S/C20H20N4O3S2/c1-9-10(2)29-20-17(9)19(26)23-16(24-20)8-28-11(3)18(25)22-13-5-6-15-14(7-13)21-12(4)27-15/h5-7,11H,8H2,1-4H3,(H,22,25)(H,23,24,26)/t11-/m0/s1. The molecule has 0 aliphatic heterocycles. The number of anilines is 1. The van der Waals surface area contributed by atoms with E-state index in [9.17, 15) is 9.59 Å². The number of thioether (sulfide) groups is 1. The summed E-state index contributed by atoms with van der Waals surface area (Å²) >= 11 is 2.94. The van der Waals surface area contributed by atoms with Crippen molar-refractivity contribution in [2.75, 3.05) is 5.32 Å². The smallest absolute Gasteiger partial charge is 0.259 e. The largest absolute Gasteiger partial charge is 0.441 e. The highest BCUT2D eigenvalue weighted by Crippen LogP contribution is 2.27. The molecule has 0 saturated carbocycles. The van der Waals surface area contributed by atoms with Crippen molar-refractivity contribution < 1.29 is 9.21 Å². The van der Waals surface area contributed by atoms with E-state index < -0.39 is 0 Å². The van der Waals surface area contributed by atoms with Crippen molar-refractivity contribution in [3.05, 3.63) is 50.7 Å². The van der Waals surface area contributed by atoms with Crippen molar-refractivity contribution in [2.45, 2.75) is 38.7 Å². The number of H-pyrrole nitrogens is 1. The van der Waals surface area contributed by atoms with Gasteiger partial charge in [-0.05, 0) is 44.5 Å². The molecule has 0 saturated heterocycles. The van der Waals surface area contributed by atoms with Gasteiger partial charge in [-0.3, -0.25) is 9.59 Å². The van der Waals surface area contributed by atoms with Crippen molar-refractivity contribution in [1.29, 1.82) is 0 Å². The molecular weight excluding hydrogens is 408 g/mol. The number of carbonyl (C=O) groups excluding carboxylic acids is 1. The molecule has 0 radical (unpaired) electrons. The van der Waals surface area contributed by atoms with Crippen LogP contribution in [0.2, 0.25) is 0 Å². The molecule has 2 N–H and O–H groups in total. The van der Waals surface area contributed by atoms with Crippen molar-refractivity contribution in [2.24, 2.45) is 0 Å². The van der Waals surface area contributed by atoms with Crippen LogP contribution in [0.3, 0.4) is 0 Å². The molecule has 7 nitrogen and oxygen atoms in total. The molecule has 0 spiro atoms. The maximum Gasteiger partial charge on any atom is 0.259 e. The van der Waals surface area contributed by atoms with E-state index in [-0.39, 0.29) is 16.7 Å². The minimum Gasteiger partial charge on any atom is -0.441 e. The van der Waals surface area contributed by atoms with E-state index in [1.165, 1.54) is 23.1 Å². The molecule has 0 aliphatic carbocycles. The lowest BCUT2D eigenvalue weighted by atomic mass is 10.2. The fourth-order valence-corrected chi connectivity index (χ4v) is 4.82. The number of aromatic amines is 1. The van der Waals surface area contributed by atoms with Crippen LogP contribution >= 0.6 is 23.1 Å². The first-order chi connectivity index (χ1) is 13.8. The van der Waals surface area contributed by atoms with E-state index in [0.29, 0.717) is 39.6 Å². The van der Waals surface area contributed by atoms with Gasteiger partial charge in [-0.2, -0.15) is 0 Å². The van der Waals surface area contributed by atoms with Gasteiger partial charge in [0.25, 0.3) is 5.56 Å². The van der Waals surface area contributed by atoms with Gasteiger partial charge in [-0.15, -0.1) is 23.1 Å². The third-order valence-electron chi connectivity index (χ3n) is 4.69. The van der Waals surface area contributed by atoms with Crippen LogP contribution in [0.4, 0.5) is 5.69 Å². The number of nitrogens with zero attached hydrogens (tertiary/aromatic N) is 2. The van der Waals surface area contributed by atoms with Gasteiger partial charge < -0.3 is 14.7 Å². The molecule has 9 heteroatoms. The Morgan fingerprint density at radius 2 is 2.10 bits per heavy atom. The monoisotopic (exact) mass is 428 g/mol. The molecule has 0 bridgehead atoms. The van der Waals surface area contributed by atoms with Crippen LogP contribution in [0, 0.1) is 20.8 Å². The molecule has 1 amide bonds. The first kappa shape index (κ1) is 19.7. The topological polar surface area (TPSA) is 101 Å². The van der Waals surface area contributed by atoms with Crippen molar-refractivity contribution in [1.82, 2.24) is 15.0 Å². The van der Waals surface area contributed by atoms with E-state index in [4.69, 9.17) is 4.42 Å². The average Bonchev–Trinajstić information content (AvgIpc) is 3.17. The summed E-state index contributed by atoms with van der Waals surface area (Å²) in [5.74, 6) is 1.48. The Bertz CT molecular complexity index is 1290. The lowest BCUT2D eigenvalue weighted by Crippen LogP contribution is -2.23. The first-order valence-corrected chi connectivity index (χ1v) is 11.0. The van der Waals surface area contributed by atoms with Gasteiger partial charge in [0.15, 0.2) is 11.5 Å². The number of thiophene rings is 1. The third kappa shape index (κ3) is 3.92. The summed E-state index contributed by atoms with van der Waals surface area (Å²) in [6.07, 6.45) is 0. The average molecular weight is 429 g/mol. The lowest BCUT2D eigenvalue weighted by Gasteiger charge is -2.11. The summed E-state index contributed by atoms with van der Waals surface area (Å²) in [5, 5.41) is 3.24. The Balaban J connectivity index is 1.43. The van der Waals surface area contributed by atoms with Gasteiger partial charge in [0.05, 0.1) is 16.4 Å². The number of hydrogen-bond donors (Lipinski definition) is 2. The number of aromatic nitrogens is 3. The summed E-state index contributed by atoms with van der Waals surface area (Å²) in [5.41, 5.74) is 2.91. The van der Waals surface area contributed by atoms with Crippen molar-refractivity contribution in [3.8, 4) is 0 Å². The van der Waals surface area contributed by atoms with Crippen molar-refractivity contribution >= 4 is 56.0 Å². The van der Waals surface area contributed by atoms with E-state index in [2.05, 4.69) is 20.3 Å². The van der Waals surface area contributed by atoms with Gasteiger partial charge in [-0.1, -0.05) is 0 Å². The second-order valence-electron chi connectivity index (χ2n) is 6.83. The molecule has 0 fully saturated rings. The molecule has 1 aromatic carbocycles. The van der Waals surface area contributed by atoms with Gasteiger partial charge in [-0.25, -0.2) is 9.97 Å². The predicted octanol–water partition coefficient (Wildman–Crippen LogP) is 4.31. The lowest BCUT2D eigenvalue weighted by molar-refractivity contribution is -0.115. The number of aryl methyl sites for hydroxylation is 3. The van der Waals surface area contributed by atoms with E-state index in [1.54, 1.807) is 25.1 Å².